The molecule has 0 aliphatic heterocycles. The van der Waals surface area contributed by atoms with Gasteiger partial charge in [-0.3, -0.25) is 9.48 Å². The highest BCUT2D eigenvalue weighted by Gasteiger charge is 2.17. The monoisotopic (exact) mass is 217 g/mol. The van der Waals surface area contributed by atoms with E-state index in [2.05, 4.69) is 10.1 Å². The summed E-state index contributed by atoms with van der Waals surface area (Å²) in [4.78, 5) is 16.1. The third kappa shape index (κ3) is 1.67. The molecule has 5 heteroatoms. The van der Waals surface area contributed by atoms with E-state index in [-0.39, 0.29) is 5.78 Å². The summed E-state index contributed by atoms with van der Waals surface area (Å²) in [5.41, 5.74) is 0.944. The van der Waals surface area contributed by atoms with Crippen molar-refractivity contribution < 1.29 is 9.53 Å². The second-order valence-corrected chi connectivity index (χ2v) is 3.23. The van der Waals surface area contributed by atoms with Crippen LogP contribution in [0.25, 0.3) is 0 Å². The number of pyridine rings is 1. The van der Waals surface area contributed by atoms with Gasteiger partial charge >= 0.3 is 0 Å². The van der Waals surface area contributed by atoms with Crippen LogP contribution in [0.3, 0.4) is 0 Å². The van der Waals surface area contributed by atoms with Crippen LogP contribution in [-0.4, -0.2) is 27.7 Å². The summed E-state index contributed by atoms with van der Waals surface area (Å²) in [6, 6.07) is 5.04. The zero-order chi connectivity index (χ0) is 11.5. The van der Waals surface area contributed by atoms with Gasteiger partial charge in [0.1, 0.15) is 5.69 Å². The van der Waals surface area contributed by atoms with E-state index in [4.69, 9.17) is 4.74 Å². The number of carbonyl (C=O) groups is 1. The summed E-state index contributed by atoms with van der Waals surface area (Å²) in [5, 5.41) is 3.95. The molecule has 2 heterocycles. The molecule has 2 aromatic heterocycles. The van der Waals surface area contributed by atoms with Gasteiger partial charge in [0.2, 0.25) is 11.7 Å². The van der Waals surface area contributed by atoms with Crippen molar-refractivity contribution >= 4 is 5.78 Å². The van der Waals surface area contributed by atoms with Gasteiger partial charge < -0.3 is 4.74 Å². The normalized spacial score (nSPS) is 10.1. The number of aryl methyl sites for hydroxylation is 1. The summed E-state index contributed by atoms with van der Waals surface area (Å²) in [6.45, 7) is 0. The number of carbonyl (C=O) groups excluding carboxylic acids is 1. The van der Waals surface area contributed by atoms with Crippen molar-refractivity contribution in [3.05, 3.63) is 41.9 Å². The van der Waals surface area contributed by atoms with Gasteiger partial charge in [0.15, 0.2) is 0 Å². The van der Waals surface area contributed by atoms with Gasteiger partial charge in [-0.1, -0.05) is 0 Å². The number of ether oxygens (including phenoxy) is 1. The molecule has 0 aliphatic carbocycles. The lowest BCUT2D eigenvalue weighted by atomic mass is 10.1. The minimum absolute atomic E-state index is 0.148. The van der Waals surface area contributed by atoms with Crippen molar-refractivity contribution in [2.24, 2.45) is 7.05 Å². The quantitative estimate of drug-likeness (QED) is 0.721. The minimum Gasteiger partial charge on any atom is -0.480 e. The predicted molar refractivity (Wildman–Crippen MR) is 57.4 cm³/mol. The summed E-state index contributed by atoms with van der Waals surface area (Å²) >= 11 is 0. The number of nitrogens with zero attached hydrogens (tertiary/aromatic N) is 3. The smallest absolute Gasteiger partial charge is 0.224 e. The SMILES string of the molecule is COc1ncccc1C(=O)c1ccnn1C. The molecule has 16 heavy (non-hydrogen) atoms. The fraction of sp³-hybridized carbons (Fsp3) is 0.182. The van der Waals surface area contributed by atoms with Crippen molar-refractivity contribution in [2.45, 2.75) is 0 Å². The zero-order valence-corrected chi connectivity index (χ0v) is 9.04. The van der Waals surface area contributed by atoms with E-state index in [1.54, 1.807) is 37.6 Å². The Kier molecular flexibility index (Phi) is 2.68. The second kappa shape index (κ2) is 4.14. The molecule has 2 aromatic rings. The van der Waals surface area contributed by atoms with E-state index >= 15 is 0 Å². The first-order valence-corrected chi connectivity index (χ1v) is 4.75. The molecule has 82 valence electrons. The maximum Gasteiger partial charge on any atom is 0.224 e. The lowest BCUT2D eigenvalue weighted by Gasteiger charge is -2.05. The average molecular weight is 217 g/mol. The van der Waals surface area contributed by atoms with Gasteiger partial charge in [-0.25, -0.2) is 4.98 Å². The van der Waals surface area contributed by atoms with Crippen molar-refractivity contribution in [3.8, 4) is 5.88 Å². The van der Waals surface area contributed by atoms with Crippen molar-refractivity contribution in [3.63, 3.8) is 0 Å². The average Bonchev–Trinajstić information content (AvgIpc) is 2.74. The van der Waals surface area contributed by atoms with Gasteiger partial charge in [0.05, 0.1) is 12.7 Å². The third-order valence-corrected chi connectivity index (χ3v) is 2.26. The van der Waals surface area contributed by atoms with E-state index in [0.717, 1.165) is 0 Å². The van der Waals surface area contributed by atoms with E-state index in [1.807, 2.05) is 0 Å². The second-order valence-electron chi connectivity index (χ2n) is 3.23. The Bertz CT molecular complexity index is 519. The van der Waals surface area contributed by atoms with Crippen LogP contribution in [0.15, 0.2) is 30.6 Å². The molecule has 0 bridgehead atoms. The summed E-state index contributed by atoms with van der Waals surface area (Å²) in [5.74, 6) is 0.179. The lowest BCUT2D eigenvalue weighted by molar-refractivity contribution is 0.102. The fourth-order valence-corrected chi connectivity index (χ4v) is 1.46. The molecule has 0 atom stereocenters. The first-order chi connectivity index (χ1) is 7.74. The number of hydrogen-bond donors (Lipinski definition) is 0. The topological polar surface area (TPSA) is 57.0 Å². The van der Waals surface area contributed by atoms with Crippen molar-refractivity contribution in [1.29, 1.82) is 0 Å². The molecule has 0 N–H and O–H groups in total. The molecular formula is C11H11N3O2. The van der Waals surface area contributed by atoms with Crippen LogP contribution >= 0.6 is 0 Å². The van der Waals surface area contributed by atoms with Crippen LogP contribution in [0.2, 0.25) is 0 Å². The summed E-state index contributed by atoms with van der Waals surface area (Å²) in [7, 11) is 3.21. The highest BCUT2D eigenvalue weighted by Crippen LogP contribution is 2.17. The Labute approximate surface area is 92.7 Å². The maximum absolute atomic E-state index is 12.1. The van der Waals surface area contributed by atoms with Gasteiger partial charge in [0, 0.05) is 19.4 Å². The van der Waals surface area contributed by atoms with Gasteiger partial charge in [-0.05, 0) is 18.2 Å². The minimum atomic E-state index is -0.148. The highest BCUT2D eigenvalue weighted by molar-refractivity contribution is 6.09. The van der Waals surface area contributed by atoms with E-state index in [0.29, 0.717) is 17.1 Å². The molecule has 0 spiro atoms. The molecule has 0 radical (unpaired) electrons. The number of rotatable bonds is 3. The Morgan fingerprint density at radius 2 is 2.19 bits per heavy atom. The van der Waals surface area contributed by atoms with Crippen LogP contribution in [0, 0.1) is 0 Å². The molecule has 0 saturated carbocycles. The highest BCUT2D eigenvalue weighted by atomic mass is 16.5. The molecule has 0 aromatic carbocycles. The number of aromatic nitrogens is 3. The zero-order valence-electron chi connectivity index (χ0n) is 9.04. The van der Waals surface area contributed by atoms with Crippen molar-refractivity contribution in [2.75, 3.05) is 7.11 Å². The van der Waals surface area contributed by atoms with E-state index in [1.165, 1.54) is 11.8 Å². The lowest BCUT2D eigenvalue weighted by Crippen LogP contribution is -2.10. The number of hydrogen-bond acceptors (Lipinski definition) is 4. The molecule has 0 aliphatic rings. The Balaban J connectivity index is 2.46. The molecule has 5 nitrogen and oxygen atoms in total. The van der Waals surface area contributed by atoms with Gasteiger partial charge in [-0.2, -0.15) is 5.10 Å². The van der Waals surface area contributed by atoms with Crippen molar-refractivity contribution in [1.82, 2.24) is 14.8 Å². The van der Waals surface area contributed by atoms with Gasteiger partial charge in [-0.15, -0.1) is 0 Å². The van der Waals surface area contributed by atoms with E-state index in [9.17, 15) is 4.79 Å². The maximum atomic E-state index is 12.1. The van der Waals surface area contributed by atoms with Crippen LogP contribution in [0.1, 0.15) is 16.1 Å². The standard InChI is InChI=1S/C11H11N3O2/c1-14-9(5-7-13-14)10(15)8-4-3-6-12-11(8)16-2/h3-7H,1-2H3. The Hall–Kier alpha value is -2.17. The molecule has 2 rings (SSSR count). The van der Waals surface area contributed by atoms with Crippen LogP contribution < -0.4 is 4.74 Å². The number of ketones is 1. The molecular weight excluding hydrogens is 206 g/mol. The molecule has 0 amide bonds. The Morgan fingerprint density at radius 3 is 2.81 bits per heavy atom. The van der Waals surface area contributed by atoms with Gasteiger partial charge in [0.25, 0.3) is 0 Å². The van der Waals surface area contributed by atoms with E-state index < -0.39 is 0 Å². The Morgan fingerprint density at radius 1 is 1.38 bits per heavy atom. The van der Waals surface area contributed by atoms with Crippen LogP contribution in [0.5, 0.6) is 5.88 Å². The van der Waals surface area contributed by atoms with Crippen LogP contribution in [0.4, 0.5) is 0 Å². The molecule has 0 fully saturated rings. The first-order valence-electron chi connectivity index (χ1n) is 4.75. The predicted octanol–water partition coefficient (Wildman–Crippen LogP) is 1.05. The molecule has 0 saturated heterocycles. The first kappa shape index (κ1) is 10.4. The number of methoxy groups -OCH3 is 1. The van der Waals surface area contributed by atoms with Crippen LogP contribution in [-0.2, 0) is 7.05 Å². The fourth-order valence-electron chi connectivity index (χ4n) is 1.46. The summed E-state index contributed by atoms with van der Waals surface area (Å²) < 4.78 is 6.57. The largest absolute Gasteiger partial charge is 0.480 e. The molecule has 0 unspecified atom stereocenters. The third-order valence-electron chi connectivity index (χ3n) is 2.26. The summed E-state index contributed by atoms with van der Waals surface area (Å²) in [6.07, 6.45) is 3.16.